The summed E-state index contributed by atoms with van der Waals surface area (Å²) >= 11 is 0. The highest BCUT2D eigenvalue weighted by Gasteiger charge is 2.94. The first-order chi connectivity index (χ1) is 13.0. The Kier molecular flexibility index (Phi) is 3.54. The van der Waals surface area contributed by atoms with E-state index in [9.17, 15) is 10.5 Å². The number of ether oxygens (including phenoxy) is 5. The Bertz CT molecular complexity index is 927. The first kappa shape index (κ1) is 17.4. The van der Waals surface area contributed by atoms with Crippen molar-refractivity contribution >= 4 is 5.84 Å². The number of aliphatic imine (C=N–C) groups is 1. The lowest BCUT2D eigenvalue weighted by Gasteiger charge is -2.26. The Labute approximate surface area is 155 Å². The van der Waals surface area contributed by atoms with Crippen LogP contribution in [0, 0.1) is 33.5 Å². The summed E-state index contributed by atoms with van der Waals surface area (Å²) in [6, 6.07) is 7.87. The molecule has 1 aliphatic carbocycles. The van der Waals surface area contributed by atoms with E-state index in [4.69, 9.17) is 29.4 Å². The zero-order chi connectivity index (χ0) is 19.4. The molecule has 2 fully saturated rings. The fourth-order valence-electron chi connectivity index (χ4n) is 4.54. The molecule has 0 bridgehead atoms. The number of fused-ring (bicyclic) bond motifs is 2. The number of amidine groups is 1. The number of hydrogen-bond donors (Lipinski definition) is 1. The molecule has 4 rings (SSSR count). The van der Waals surface area contributed by atoms with Gasteiger partial charge >= 0.3 is 0 Å². The monoisotopic (exact) mass is 370 g/mol. The SMILES string of the molecule is COc1ccc([C@H]2[C@]3(C#N)C(N)=NC4(OCCO4)[C@]23C#N)c(OC)c1OC. The molecule has 1 saturated carbocycles. The first-order valence-corrected chi connectivity index (χ1v) is 8.28. The average Bonchev–Trinajstić information content (AvgIpc) is 2.93. The van der Waals surface area contributed by atoms with Crippen molar-refractivity contribution in [2.75, 3.05) is 34.5 Å². The topological polar surface area (TPSA) is 132 Å². The minimum absolute atomic E-state index is 0.0234. The van der Waals surface area contributed by atoms with E-state index in [2.05, 4.69) is 17.1 Å². The van der Waals surface area contributed by atoms with Crippen molar-refractivity contribution in [1.29, 1.82) is 10.5 Å². The van der Waals surface area contributed by atoms with E-state index in [1.54, 1.807) is 12.1 Å². The molecule has 0 aromatic heterocycles. The van der Waals surface area contributed by atoms with Gasteiger partial charge in [0.25, 0.3) is 5.91 Å². The predicted octanol–water partition coefficient (Wildman–Crippen LogP) is 0.901. The van der Waals surface area contributed by atoms with Gasteiger partial charge < -0.3 is 29.4 Å². The molecule has 27 heavy (non-hydrogen) atoms. The Hall–Kier alpha value is -3.01. The van der Waals surface area contributed by atoms with Crippen molar-refractivity contribution in [2.24, 2.45) is 21.6 Å². The minimum atomic E-state index is -1.59. The van der Waals surface area contributed by atoms with Gasteiger partial charge in [0.1, 0.15) is 11.3 Å². The second-order valence-electron chi connectivity index (χ2n) is 6.47. The van der Waals surface area contributed by atoms with E-state index in [-0.39, 0.29) is 19.0 Å². The second kappa shape index (κ2) is 5.49. The zero-order valence-corrected chi connectivity index (χ0v) is 15.1. The third-order valence-corrected chi connectivity index (χ3v) is 5.65. The lowest BCUT2D eigenvalue weighted by atomic mass is 9.93. The molecule has 1 saturated heterocycles. The fourth-order valence-corrected chi connectivity index (χ4v) is 4.54. The summed E-state index contributed by atoms with van der Waals surface area (Å²) in [7, 11) is 4.47. The molecule has 2 heterocycles. The van der Waals surface area contributed by atoms with Crippen molar-refractivity contribution in [3.8, 4) is 29.4 Å². The molecular formula is C18H18N4O5. The number of hydrogen-bond acceptors (Lipinski definition) is 9. The van der Waals surface area contributed by atoms with Crippen LogP contribution >= 0.6 is 0 Å². The fraction of sp³-hybridized carbons (Fsp3) is 0.500. The van der Waals surface area contributed by atoms with Gasteiger partial charge in [-0.2, -0.15) is 10.5 Å². The van der Waals surface area contributed by atoms with Crippen LogP contribution in [0.4, 0.5) is 0 Å². The third-order valence-electron chi connectivity index (χ3n) is 5.65. The summed E-state index contributed by atoms with van der Waals surface area (Å²) in [5, 5.41) is 20.2. The zero-order valence-electron chi connectivity index (χ0n) is 15.1. The van der Waals surface area contributed by atoms with Crippen LogP contribution in [0.2, 0.25) is 0 Å². The van der Waals surface area contributed by atoms with Crippen LogP contribution in [0.5, 0.6) is 17.2 Å². The standard InChI is InChI=1S/C18H18N4O5/c1-23-11-5-4-10(12(24-2)13(11)25-3)14-16(8-19)15(21)22-18(17(14,16)9-20)26-6-7-27-18/h4-5,14H,6-7H2,1-3H3,(H2,21,22)/t14-,16+,17+/m0/s1. The molecule has 0 unspecified atom stereocenters. The van der Waals surface area contributed by atoms with E-state index in [0.717, 1.165) is 0 Å². The molecular weight excluding hydrogens is 352 g/mol. The minimum Gasteiger partial charge on any atom is -0.493 e. The van der Waals surface area contributed by atoms with Crippen LogP contribution in [0.15, 0.2) is 17.1 Å². The number of nitrogens with zero attached hydrogens (tertiary/aromatic N) is 3. The van der Waals surface area contributed by atoms with Crippen LogP contribution in [-0.4, -0.2) is 46.3 Å². The molecule has 3 aliphatic rings. The lowest BCUT2D eigenvalue weighted by molar-refractivity contribution is -0.184. The second-order valence-corrected chi connectivity index (χ2v) is 6.47. The number of rotatable bonds is 4. The summed E-state index contributed by atoms with van der Waals surface area (Å²) in [5.41, 5.74) is 3.93. The molecule has 140 valence electrons. The lowest BCUT2D eigenvalue weighted by Crippen LogP contribution is -2.38. The molecule has 2 N–H and O–H groups in total. The van der Waals surface area contributed by atoms with Gasteiger partial charge in [0.05, 0.1) is 46.7 Å². The quantitative estimate of drug-likeness (QED) is 0.827. The number of benzene rings is 1. The number of methoxy groups -OCH3 is 3. The van der Waals surface area contributed by atoms with E-state index >= 15 is 0 Å². The molecule has 0 radical (unpaired) electrons. The molecule has 2 aliphatic heterocycles. The largest absolute Gasteiger partial charge is 0.493 e. The van der Waals surface area contributed by atoms with Gasteiger partial charge in [-0.15, -0.1) is 0 Å². The van der Waals surface area contributed by atoms with Gasteiger partial charge in [0, 0.05) is 11.5 Å². The van der Waals surface area contributed by atoms with Crippen LogP contribution in [0.1, 0.15) is 11.5 Å². The highest BCUT2D eigenvalue weighted by Crippen LogP contribution is 2.83. The maximum Gasteiger partial charge on any atom is 0.293 e. The van der Waals surface area contributed by atoms with Crippen molar-refractivity contribution in [2.45, 2.75) is 11.8 Å². The van der Waals surface area contributed by atoms with Crippen molar-refractivity contribution in [1.82, 2.24) is 0 Å². The van der Waals surface area contributed by atoms with Gasteiger partial charge in [0.2, 0.25) is 5.75 Å². The molecule has 9 nitrogen and oxygen atoms in total. The van der Waals surface area contributed by atoms with Gasteiger partial charge in [-0.1, -0.05) is 6.07 Å². The van der Waals surface area contributed by atoms with Crippen LogP contribution in [0.25, 0.3) is 0 Å². The first-order valence-electron chi connectivity index (χ1n) is 8.28. The van der Waals surface area contributed by atoms with E-state index in [1.807, 2.05) is 0 Å². The Morgan fingerprint density at radius 1 is 1.07 bits per heavy atom. The molecule has 9 heteroatoms. The molecule has 1 aromatic rings. The van der Waals surface area contributed by atoms with Crippen LogP contribution in [-0.2, 0) is 9.47 Å². The van der Waals surface area contributed by atoms with Crippen molar-refractivity contribution in [3.05, 3.63) is 17.7 Å². The third kappa shape index (κ3) is 1.67. The van der Waals surface area contributed by atoms with Gasteiger partial charge in [-0.25, -0.2) is 4.99 Å². The predicted molar refractivity (Wildman–Crippen MR) is 91.2 cm³/mol. The molecule has 3 atom stereocenters. The molecule has 0 amide bonds. The summed E-state index contributed by atoms with van der Waals surface area (Å²) in [6.07, 6.45) is 0. The molecule has 1 aromatic carbocycles. The number of nitriles is 2. The summed E-state index contributed by atoms with van der Waals surface area (Å²) < 4.78 is 27.7. The van der Waals surface area contributed by atoms with Crippen LogP contribution in [0.3, 0.4) is 0 Å². The van der Waals surface area contributed by atoms with Crippen molar-refractivity contribution < 1.29 is 23.7 Å². The normalized spacial score (nSPS) is 32.2. The summed E-state index contributed by atoms with van der Waals surface area (Å²) in [5.74, 6) is -1.04. The highest BCUT2D eigenvalue weighted by atomic mass is 16.8. The Morgan fingerprint density at radius 3 is 2.26 bits per heavy atom. The smallest absolute Gasteiger partial charge is 0.293 e. The van der Waals surface area contributed by atoms with Crippen LogP contribution < -0.4 is 19.9 Å². The van der Waals surface area contributed by atoms with Gasteiger partial charge in [-0.05, 0) is 6.07 Å². The summed E-state index contributed by atoms with van der Waals surface area (Å²) in [6.45, 7) is 0.523. The maximum atomic E-state index is 10.1. The summed E-state index contributed by atoms with van der Waals surface area (Å²) in [4.78, 5) is 4.25. The van der Waals surface area contributed by atoms with E-state index in [0.29, 0.717) is 22.8 Å². The van der Waals surface area contributed by atoms with Crippen molar-refractivity contribution in [3.63, 3.8) is 0 Å². The number of nitrogens with two attached hydrogens (primary N) is 1. The Morgan fingerprint density at radius 2 is 1.74 bits per heavy atom. The average molecular weight is 370 g/mol. The van der Waals surface area contributed by atoms with E-state index in [1.165, 1.54) is 21.3 Å². The highest BCUT2D eigenvalue weighted by molar-refractivity contribution is 6.00. The molecule has 1 spiro atoms. The van der Waals surface area contributed by atoms with Gasteiger partial charge in [-0.3, -0.25) is 0 Å². The maximum absolute atomic E-state index is 10.1. The van der Waals surface area contributed by atoms with Gasteiger partial charge in [0.15, 0.2) is 16.9 Å². The van der Waals surface area contributed by atoms with E-state index < -0.39 is 22.7 Å². The Balaban J connectivity index is 1.96.